The van der Waals surface area contributed by atoms with Crippen LogP contribution in [0.25, 0.3) is 10.9 Å². The molecule has 0 spiro atoms. The van der Waals surface area contributed by atoms with Crippen molar-refractivity contribution in [1.82, 2.24) is 14.8 Å². The Balaban J connectivity index is 1.22. The van der Waals surface area contributed by atoms with Gasteiger partial charge in [0.15, 0.2) is 0 Å². The predicted molar refractivity (Wildman–Crippen MR) is 112 cm³/mol. The summed E-state index contributed by atoms with van der Waals surface area (Å²) in [7, 11) is 0. The molecule has 5 nitrogen and oxygen atoms in total. The zero-order chi connectivity index (χ0) is 20.7. The van der Waals surface area contributed by atoms with Gasteiger partial charge in [-0.05, 0) is 47.7 Å². The van der Waals surface area contributed by atoms with Crippen LogP contribution >= 0.6 is 0 Å². The fraction of sp³-hybridized carbons (Fsp3) is 0.333. The summed E-state index contributed by atoms with van der Waals surface area (Å²) in [5.41, 5.74) is 4.38. The van der Waals surface area contributed by atoms with E-state index in [0.29, 0.717) is 32.6 Å². The molecule has 5 rings (SSSR count). The number of likely N-dealkylation sites (tertiary alicyclic amines) is 1. The van der Waals surface area contributed by atoms with Crippen LogP contribution in [-0.2, 0) is 29.0 Å². The molecule has 0 radical (unpaired) electrons. The van der Waals surface area contributed by atoms with Crippen molar-refractivity contribution >= 4 is 22.7 Å². The molecule has 3 aromatic rings. The maximum Gasteiger partial charge on any atom is 0.228 e. The molecule has 1 saturated heterocycles. The second kappa shape index (κ2) is 7.59. The molecule has 0 bridgehead atoms. The number of carbonyl (C=O) groups excluding carboxylic acids is 2. The van der Waals surface area contributed by atoms with Gasteiger partial charge in [0, 0.05) is 49.7 Å². The van der Waals surface area contributed by atoms with Crippen molar-refractivity contribution in [2.24, 2.45) is 5.92 Å². The molecule has 0 saturated carbocycles. The number of fused-ring (bicyclic) bond motifs is 2. The third kappa shape index (κ3) is 3.47. The second-order valence-electron chi connectivity index (χ2n) is 8.27. The summed E-state index contributed by atoms with van der Waals surface area (Å²) in [6, 6.07) is 12.9. The number of amides is 2. The van der Waals surface area contributed by atoms with E-state index in [1.54, 1.807) is 11.0 Å². The number of benzene rings is 2. The Bertz CT molecular complexity index is 1120. The molecule has 154 valence electrons. The van der Waals surface area contributed by atoms with E-state index in [1.165, 1.54) is 23.3 Å². The molecule has 3 heterocycles. The Morgan fingerprint density at radius 1 is 1.17 bits per heavy atom. The molecular weight excluding hydrogens is 381 g/mol. The first-order valence-electron chi connectivity index (χ1n) is 10.5. The minimum atomic E-state index is -0.275. The van der Waals surface area contributed by atoms with Gasteiger partial charge in [-0.15, -0.1) is 0 Å². The van der Waals surface area contributed by atoms with Crippen LogP contribution in [-0.4, -0.2) is 46.2 Å². The normalized spacial score (nSPS) is 18.8. The van der Waals surface area contributed by atoms with Crippen LogP contribution in [0.15, 0.2) is 48.7 Å². The third-order valence-electron chi connectivity index (χ3n) is 6.39. The van der Waals surface area contributed by atoms with Gasteiger partial charge in [-0.25, -0.2) is 4.39 Å². The van der Waals surface area contributed by atoms with Gasteiger partial charge in [0.25, 0.3) is 0 Å². The number of rotatable bonds is 4. The van der Waals surface area contributed by atoms with E-state index in [-0.39, 0.29) is 30.0 Å². The minimum absolute atomic E-state index is 0.0248. The first-order valence-corrected chi connectivity index (χ1v) is 10.5. The van der Waals surface area contributed by atoms with Crippen molar-refractivity contribution in [3.8, 4) is 0 Å². The molecule has 2 amide bonds. The Morgan fingerprint density at radius 3 is 2.87 bits per heavy atom. The molecule has 2 aliphatic heterocycles. The van der Waals surface area contributed by atoms with Gasteiger partial charge in [-0.3, -0.25) is 9.59 Å². The van der Waals surface area contributed by atoms with Gasteiger partial charge >= 0.3 is 0 Å². The van der Waals surface area contributed by atoms with Crippen LogP contribution in [0.5, 0.6) is 0 Å². The summed E-state index contributed by atoms with van der Waals surface area (Å²) >= 11 is 0. The van der Waals surface area contributed by atoms with E-state index in [9.17, 15) is 14.0 Å². The van der Waals surface area contributed by atoms with Gasteiger partial charge in [-0.2, -0.15) is 0 Å². The van der Waals surface area contributed by atoms with Crippen molar-refractivity contribution in [2.45, 2.75) is 25.8 Å². The van der Waals surface area contributed by atoms with Gasteiger partial charge in [0.1, 0.15) is 5.82 Å². The lowest BCUT2D eigenvalue weighted by Crippen LogP contribution is -2.40. The number of aromatic nitrogens is 1. The van der Waals surface area contributed by atoms with Crippen molar-refractivity contribution in [3.63, 3.8) is 0 Å². The average Bonchev–Trinajstić information content (AvgIpc) is 3.34. The number of hydrogen-bond acceptors (Lipinski definition) is 2. The van der Waals surface area contributed by atoms with Crippen LogP contribution in [0.3, 0.4) is 0 Å². The Hall–Kier alpha value is -3.15. The first kappa shape index (κ1) is 18.9. The van der Waals surface area contributed by atoms with E-state index in [4.69, 9.17) is 0 Å². The predicted octanol–water partition coefficient (Wildman–Crippen LogP) is 3.28. The van der Waals surface area contributed by atoms with Crippen molar-refractivity contribution in [2.75, 3.05) is 19.6 Å². The van der Waals surface area contributed by atoms with E-state index < -0.39 is 0 Å². The zero-order valence-electron chi connectivity index (χ0n) is 16.7. The molecule has 2 aliphatic rings. The minimum Gasteiger partial charge on any atom is -0.361 e. The highest BCUT2D eigenvalue weighted by Gasteiger charge is 2.37. The summed E-state index contributed by atoms with van der Waals surface area (Å²) in [5.74, 6) is -0.441. The van der Waals surface area contributed by atoms with Gasteiger partial charge in [-0.1, -0.05) is 24.3 Å². The van der Waals surface area contributed by atoms with Gasteiger partial charge < -0.3 is 14.8 Å². The highest BCUT2D eigenvalue weighted by Crippen LogP contribution is 2.26. The van der Waals surface area contributed by atoms with E-state index in [2.05, 4.69) is 17.1 Å². The largest absolute Gasteiger partial charge is 0.361 e. The van der Waals surface area contributed by atoms with Crippen LogP contribution < -0.4 is 0 Å². The number of hydrogen-bond donors (Lipinski definition) is 1. The number of carbonyl (C=O) groups is 2. The van der Waals surface area contributed by atoms with E-state index >= 15 is 0 Å². The molecule has 30 heavy (non-hydrogen) atoms. The van der Waals surface area contributed by atoms with Gasteiger partial charge in [0.2, 0.25) is 11.8 Å². The van der Waals surface area contributed by atoms with Crippen LogP contribution in [0.2, 0.25) is 0 Å². The second-order valence-corrected chi connectivity index (χ2v) is 8.27. The molecule has 2 aromatic carbocycles. The van der Waals surface area contributed by atoms with Crippen molar-refractivity contribution in [3.05, 3.63) is 71.2 Å². The lowest BCUT2D eigenvalue weighted by Gasteiger charge is -2.30. The summed E-state index contributed by atoms with van der Waals surface area (Å²) in [6.07, 6.45) is 3.65. The Kier molecular flexibility index (Phi) is 4.77. The lowest BCUT2D eigenvalue weighted by atomic mass is 9.98. The molecular formula is C24H24FN3O2. The Morgan fingerprint density at radius 2 is 2.00 bits per heavy atom. The number of H-pyrrole nitrogens is 1. The summed E-state index contributed by atoms with van der Waals surface area (Å²) in [6.45, 7) is 2.34. The third-order valence-corrected chi connectivity index (χ3v) is 6.39. The number of nitrogens with one attached hydrogen (secondary N) is 1. The van der Waals surface area contributed by atoms with Crippen molar-refractivity contribution in [1.29, 1.82) is 0 Å². The van der Waals surface area contributed by atoms with Crippen LogP contribution in [0.1, 0.15) is 23.1 Å². The topological polar surface area (TPSA) is 56.4 Å². The quantitative estimate of drug-likeness (QED) is 0.724. The summed E-state index contributed by atoms with van der Waals surface area (Å²) < 4.78 is 13.6. The average molecular weight is 405 g/mol. The monoisotopic (exact) mass is 405 g/mol. The number of halogens is 1. The maximum absolute atomic E-state index is 13.6. The van der Waals surface area contributed by atoms with Crippen molar-refractivity contribution < 1.29 is 14.0 Å². The van der Waals surface area contributed by atoms with E-state index in [0.717, 1.165) is 22.9 Å². The molecule has 1 fully saturated rings. The van der Waals surface area contributed by atoms with Crippen LogP contribution in [0.4, 0.5) is 4.39 Å². The highest BCUT2D eigenvalue weighted by atomic mass is 19.1. The zero-order valence-corrected chi connectivity index (χ0v) is 16.7. The molecule has 1 unspecified atom stereocenters. The molecule has 1 aromatic heterocycles. The number of aromatic amines is 1. The SMILES string of the molecule is O=C1CC(C(=O)N2CCc3ccccc3C2)CN1CCc1c[nH]c2ccc(F)cc12. The van der Waals surface area contributed by atoms with E-state index in [1.807, 2.05) is 23.2 Å². The fourth-order valence-electron chi connectivity index (χ4n) is 4.71. The molecule has 1 atom stereocenters. The van der Waals surface area contributed by atoms with Crippen LogP contribution in [0, 0.1) is 11.7 Å². The molecule has 1 N–H and O–H groups in total. The highest BCUT2D eigenvalue weighted by molar-refractivity contribution is 5.89. The lowest BCUT2D eigenvalue weighted by molar-refractivity contribution is -0.136. The summed E-state index contributed by atoms with van der Waals surface area (Å²) in [4.78, 5) is 32.4. The van der Waals surface area contributed by atoms with Gasteiger partial charge in [0.05, 0.1) is 5.92 Å². The molecule has 0 aliphatic carbocycles. The first-order chi connectivity index (χ1) is 14.6. The fourth-order valence-corrected chi connectivity index (χ4v) is 4.71. The maximum atomic E-state index is 13.6. The number of nitrogens with zero attached hydrogens (tertiary/aromatic N) is 2. The Labute approximate surface area is 174 Å². The standard InChI is InChI=1S/C24H24FN3O2/c25-20-5-6-22-21(12-20)17(13-26-22)8-9-27-15-19(11-23(27)29)24(30)28-10-7-16-3-1-2-4-18(16)14-28/h1-6,12-13,19,26H,7-11,14-15H2. The summed E-state index contributed by atoms with van der Waals surface area (Å²) in [5, 5.41) is 0.848. The smallest absolute Gasteiger partial charge is 0.228 e. The molecule has 6 heteroatoms.